The van der Waals surface area contributed by atoms with Crippen molar-refractivity contribution in [2.75, 3.05) is 11.5 Å². The Morgan fingerprint density at radius 1 is 0.698 bits per heavy atom. The van der Waals surface area contributed by atoms with E-state index in [2.05, 4.69) is 66.0 Å². The molecule has 0 amide bonds. The van der Waals surface area contributed by atoms with Crippen molar-refractivity contribution in [2.24, 2.45) is 20.5 Å². The fourth-order valence-corrected chi connectivity index (χ4v) is 9.36. The third-order valence-electron chi connectivity index (χ3n) is 8.39. The molecule has 28 heteroatoms. The lowest BCUT2D eigenvalue weighted by atomic mass is 9.91. The van der Waals surface area contributed by atoms with Gasteiger partial charge in [0.05, 0.1) is 27.4 Å². The molecule has 24 nitrogen and oxygen atoms in total. The van der Waals surface area contributed by atoms with E-state index >= 15 is 0 Å². The van der Waals surface area contributed by atoms with Crippen LogP contribution in [0.3, 0.4) is 0 Å². The average molecular weight is 932 g/mol. The molecule has 7 aromatic rings. The Labute approximate surface area is 367 Å². The van der Waals surface area contributed by atoms with E-state index in [0.717, 1.165) is 32.5 Å². The lowest BCUT2D eigenvalue weighted by molar-refractivity contribution is 0.0651. The lowest BCUT2D eigenvalue weighted by Crippen LogP contribution is -2.16. The highest BCUT2D eigenvalue weighted by Crippen LogP contribution is 2.41. The third kappa shape index (κ3) is 9.08. The number of carboxylic acids is 2. The number of sulfone groups is 1. The molecule has 63 heavy (non-hydrogen) atoms. The number of hydrogen-bond acceptors (Lipinski definition) is 23. The zero-order chi connectivity index (χ0) is 45.6. The van der Waals surface area contributed by atoms with Gasteiger partial charge in [-0.1, -0.05) is 94.2 Å². The Morgan fingerprint density at radius 2 is 1.22 bits per heavy atom. The molecular weight excluding hydrogens is 899 g/mol. The predicted molar refractivity (Wildman–Crippen MR) is 227 cm³/mol. The van der Waals surface area contributed by atoms with Crippen LogP contribution >= 0.6 is 34.4 Å². The number of aromatic carboxylic acids is 2. The first-order valence-electron chi connectivity index (χ1n) is 17.9. The van der Waals surface area contributed by atoms with Crippen molar-refractivity contribution in [1.82, 2.24) is 54.9 Å². The number of rotatable bonds is 12. The summed E-state index contributed by atoms with van der Waals surface area (Å²) >= 11 is 2.78. The molecule has 0 radical (unpaired) electrons. The minimum absolute atomic E-state index is 0.0430. The minimum Gasteiger partial charge on any atom is -0.479 e. The first-order chi connectivity index (χ1) is 29.6. The second kappa shape index (κ2) is 16.6. The fraction of sp³-hybridized carbons (Fsp3) is 0.229. The Kier molecular flexibility index (Phi) is 11.6. The second-order valence-corrected chi connectivity index (χ2v) is 20.4. The molecule has 324 valence electrons. The van der Waals surface area contributed by atoms with Gasteiger partial charge < -0.3 is 26.8 Å². The van der Waals surface area contributed by atoms with Crippen LogP contribution in [0.4, 0.5) is 33.3 Å². The van der Waals surface area contributed by atoms with Crippen LogP contribution in [0, 0.1) is 0 Å². The zero-order valence-electron chi connectivity index (χ0n) is 33.6. The highest BCUT2D eigenvalue weighted by atomic mass is 32.2. The van der Waals surface area contributed by atoms with Crippen molar-refractivity contribution in [2.45, 2.75) is 70.8 Å². The van der Waals surface area contributed by atoms with Crippen molar-refractivity contribution in [3.05, 3.63) is 71.0 Å². The van der Waals surface area contributed by atoms with Crippen LogP contribution in [0.25, 0.3) is 11.9 Å². The predicted octanol–water partition coefficient (Wildman–Crippen LogP) is 6.62. The molecule has 0 aliphatic carbocycles. The largest absolute Gasteiger partial charge is 0.479 e. The molecule has 5 heterocycles. The molecule has 0 atom stereocenters. The van der Waals surface area contributed by atoms with Gasteiger partial charge in [-0.25, -0.2) is 18.0 Å². The van der Waals surface area contributed by atoms with E-state index in [4.69, 9.17) is 11.5 Å². The molecule has 0 aliphatic heterocycles. The number of benzene rings is 2. The van der Waals surface area contributed by atoms with Crippen LogP contribution in [0.5, 0.6) is 6.01 Å². The van der Waals surface area contributed by atoms with Gasteiger partial charge in [0.1, 0.15) is 0 Å². The van der Waals surface area contributed by atoms with Gasteiger partial charge in [0, 0.05) is 15.7 Å². The maximum Gasteiger partial charge on any atom is 0.336 e. The van der Waals surface area contributed by atoms with Crippen molar-refractivity contribution in [3.63, 3.8) is 0 Å². The standard InChI is InChI=1S/C35H33N17O7S4/c1-34(2,3)21-19(41-43-30-45-47-32(61-30)60-15-12-13-17(25(53)54)18(14-15)26(55)56)23(36)51(49-21)27-38-28(40-29(57)39-27)52-24(37)20(22(50-52)35(4,5)6)42-44-31-46-48-33(62-31)63(58,59)16-10-8-7-9-11-16/h7-14H,36-37H2,1-6H3,(H,53,54)(H,55,56)(H,38,39,40,57). The van der Waals surface area contributed by atoms with Crippen molar-refractivity contribution < 1.29 is 33.3 Å². The maximum absolute atomic E-state index is 13.1. The van der Waals surface area contributed by atoms with Crippen LogP contribution in [0.1, 0.15) is 73.6 Å². The number of carbonyl (C=O) groups is 2. The summed E-state index contributed by atoms with van der Waals surface area (Å²) in [5.41, 5.74) is 12.0. The van der Waals surface area contributed by atoms with Gasteiger partial charge in [-0.15, -0.1) is 40.9 Å². The van der Waals surface area contributed by atoms with Crippen molar-refractivity contribution in [1.29, 1.82) is 0 Å². The molecule has 7 N–H and O–H groups in total. The summed E-state index contributed by atoms with van der Waals surface area (Å²) in [6.07, 6.45) is 0. The van der Waals surface area contributed by atoms with Gasteiger partial charge in [-0.3, -0.25) is 0 Å². The van der Waals surface area contributed by atoms with Crippen LogP contribution < -0.4 is 11.5 Å². The maximum atomic E-state index is 13.1. The van der Waals surface area contributed by atoms with Crippen LogP contribution in [-0.4, -0.2) is 90.6 Å². The van der Waals surface area contributed by atoms with Gasteiger partial charge in [-0.05, 0) is 30.3 Å². The van der Waals surface area contributed by atoms with E-state index < -0.39 is 38.6 Å². The van der Waals surface area contributed by atoms with E-state index in [9.17, 15) is 33.3 Å². The molecule has 7 rings (SSSR count). The first-order valence-corrected chi connectivity index (χ1v) is 21.9. The summed E-state index contributed by atoms with van der Waals surface area (Å²) < 4.78 is 28.5. The normalized spacial score (nSPS) is 12.5. The smallest absolute Gasteiger partial charge is 0.336 e. The molecule has 0 spiro atoms. The van der Waals surface area contributed by atoms with E-state index in [1.807, 2.05) is 41.5 Å². The van der Waals surface area contributed by atoms with E-state index in [-0.39, 0.29) is 65.5 Å². The molecule has 0 bridgehead atoms. The summed E-state index contributed by atoms with van der Waals surface area (Å²) in [6.45, 7) is 11.1. The number of aromatic nitrogens is 11. The number of hydrogen-bond donors (Lipinski definition) is 5. The summed E-state index contributed by atoms with van der Waals surface area (Å²) in [7, 11) is -3.95. The van der Waals surface area contributed by atoms with E-state index in [1.54, 1.807) is 18.2 Å². The summed E-state index contributed by atoms with van der Waals surface area (Å²) in [5, 5.41) is 71.6. The average Bonchev–Trinajstić information content (AvgIpc) is 4.02. The Morgan fingerprint density at radius 3 is 1.75 bits per heavy atom. The van der Waals surface area contributed by atoms with Crippen LogP contribution in [0.2, 0.25) is 0 Å². The van der Waals surface area contributed by atoms with Crippen molar-refractivity contribution >= 4 is 89.5 Å². The van der Waals surface area contributed by atoms with Gasteiger partial charge in [0.25, 0.3) is 22.2 Å². The van der Waals surface area contributed by atoms with Gasteiger partial charge in [0.15, 0.2) is 27.4 Å². The van der Waals surface area contributed by atoms with Crippen molar-refractivity contribution in [3.8, 4) is 17.9 Å². The highest BCUT2D eigenvalue weighted by molar-refractivity contribution is 8.01. The highest BCUT2D eigenvalue weighted by Gasteiger charge is 2.31. The summed E-state index contributed by atoms with van der Waals surface area (Å²) in [5.74, 6) is -3.45. The summed E-state index contributed by atoms with van der Waals surface area (Å²) in [4.78, 5) is 36.1. The molecule has 0 saturated carbocycles. The Bertz CT molecular complexity index is 3090. The quantitative estimate of drug-likeness (QED) is 0.0803. The van der Waals surface area contributed by atoms with Gasteiger partial charge in [-0.2, -0.15) is 34.5 Å². The molecule has 5 aromatic heterocycles. The topological polar surface area (TPSA) is 356 Å². The Balaban J connectivity index is 1.20. The molecule has 0 fully saturated rings. The molecular formula is C35H33N17O7S4. The van der Waals surface area contributed by atoms with E-state index in [0.29, 0.717) is 32.0 Å². The molecule has 0 unspecified atom stereocenters. The number of nitrogens with two attached hydrogens (primary N) is 2. The number of azo groups is 2. The van der Waals surface area contributed by atoms with Gasteiger partial charge >= 0.3 is 17.9 Å². The van der Waals surface area contributed by atoms with Crippen LogP contribution in [0.15, 0.2) is 87.5 Å². The monoisotopic (exact) mass is 931 g/mol. The van der Waals surface area contributed by atoms with Gasteiger partial charge in [0.2, 0.25) is 14.2 Å². The van der Waals surface area contributed by atoms with Crippen LogP contribution in [-0.2, 0) is 20.7 Å². The lowest BCUT2D eigenvalue weighted by Gasteiger charge is -2.15. The van der Waals surface area contributed by atoms with E-state index in [1.165, 1.54) is 30.3 Å². The summed E-state index contributed by atoms with van der Waals surface area (Å²) in [6, 6.07) is 10.9. The third-order valence-corrected chi connectivity index (χ3v) is 13.2. The zero-order valence-corrected chi connectivity index (χ0v) is 36.9. The SMILES string of the molecule is CC(C)(C)c1nn(-c2nc(O)nc(-n3nc(C(C)(C)C)c(N=Nc4nnc(S(=O)(=O)c5ccccc5)s4)c3N)n2)c(N)c1N=Nc1nnc(Sc2ccc(C(=O)O)c(C(=O)O)c2)s1. The first kappa shape index (κ1) is 43.9. The number of carboxylic acid groups (broad SMARTS) is 2. The number of aromatic hydroxyl groups is 1. The second-order valence-electron chi connectivity index (χ2n) is 15.1. The number of anilines is 2. The fourth-order valence-electron chi connectivity index (χ4n) is 5.46. The molecule has 2 aromatic carbocycles. The molecule has 0 aliphatic rings. The Hall–Kier alpha value is -7.17. The molecule has 0 saturated heterocycles. The minimum atomic E-state index is -3.95. The number of nitrogen functional groups attached to an aromatic ring is 2. The number of nitrogens with zero attached hydrogens (tertiary/aromatic N) is 15.